The van der Waals surface area contributed by atoms with E-state index in [0.29, 0.717) is 5.75 Å². The van der Waals surface area contributed by atoms with Crippen molar-refractivity contribution in [3.8, 4) is 0 Å². The number of amides is 1. The molecule has 1 aromatic heterocycles. The fraction of sp³-hybridized carbons (Fsp3) is 0.150. The summed E-state index contributed by atoms with van der Waals surface area (Å²) in [5.74, 6) is 1.38. The van der Waals surface area contributed by atoms with E-state index < -0.39 is 0 Å². The van der Waals surface area contributed by atoms with E-state index in [1.54, 1.807) is 23.1 Å². The van der Waals surface area contributed by atoms with E-state index in [4.69, 9.17) is 0 Å². The smallest absolute Gasteiger partial charge is 0.230 e. The minimum Gasteiger partial charge on any atom is -0.344 e. The van der Waals surface area contributed by atoms with Gasteiger partial charge in [0.15, 0.2) is 0 Å². The van der Waals surface area contributed by atoms with Crippen LogP contribution in [0.2, 0.25) is 0 Å². The lowest BCUT2D eigenvalue weighted by molar-refractivity contribution is -0.119. The lowest BCUT2D eigenvalue weighted by atomic mass is 10.1. The van der Waals surface area contributed by atoms with Crippen molar-refractivity contribution in [2.45, 2.75) is 11.8 Å². The molecule has 24 heavy (non-hydrogen) atoms. The molecule has 0 aliphatic heterocycles. The molecule has 3 rings (SSSR count). The molecule has 3 aromatic rings. The van der Waals surface area contributed by atoms with E-state index in [1.807, 2.05) is 47.8 Å². The molecule has 1 heterocycles. The summed E-state index contributed by atoms with van der Waals surface area (Å²) in [6.07, 6.45) is 0. The molecule has 0 spiro atoms. The van der Waals surface area contributed by atoms with Crippen LogP contribution in [-0.2, 0) is 10.5 Å². The molecule has 0 aliphatic rings. The van der Waals surface area contributed by atoms with Crippen molar-refractivity contribution in [3.05, 3.63) is 94.2 Å². The monoisotopic (exact) mass is 353 g/mol. The minimum atomic E-state index is -0.0731. The number of hydrogen-bond donors (Lipinski definition) is 1. The maximum absolute atomic E-state index is 12.4. The van der Waals surface area contributed by atoms with Gasteiger partial charge in [0.25, 0.3) is 0 Å². The van der Waals surface area contributed by atoms with Crippen LogP contribution in [-0.4, -0.2) is 11.7 Å². The van der Waals surface area contributed by atoms with E-state index in [9.17, 15) is 4.79 Å². The number of rotatable bonds is 7. The average molecular weight is 354 g/mol. The third-order valence-electron chi connectivity index (χ3n) is 3.61. The highest BCUT2D eigenvalue weighted by Crippen LogP contribution is 2.26. The summed E-state index contributed by atoms with van der Waals surface area (Å²) in [6, 6.07) is 24.4. The molecule has 0 saturated carbocycles. The molecular weight excluding hydrogens is 334 g/mol. The molecule has 2 nitrogen and oxygen atoms in total. The lowest BCUT2D eigenvalue weighted by Crippen LogP contribution is -2.30. The summed E-state index contributed by atoms with van der Waals surface area (Å²) < 4.78 is 0. The SMILES string of the molecule is O=C(CSCc1ccccc1)N[C@@H](c1ccccc1)c1cccs1. The van der Waals surface area contributed by atoms with Gasteiger partial charge < -0.3 is 5.32 Å². The highest BCUT2D eigenvalue weighted by atomic mass is 32.2. The van der Waals surface area contributed by atoms with Crippen molar-refractivity contribution in [1.82, 2.24) is 5.32 Å². The maximum atomic E-state index is 12.4. The van der Waals surface area contributed by atoms with Crippen molar-refractivity contribution in [2.24, 2.45) is 0 Å². The molecule has 0 aliphatic carbocycles. The van der Waals surface area contributed by atoms with Gasteiger partial charge >= 0.3 is 0 Å². The second-order valence-corrected chi connectivity index (χ2v) is 7.37. The Morgan fingerprint density at radius 1 is 0.958 bits per heavy atom. The molecule has 0 radical (unpaired) electrons. The number of carbonyl (C=O) groups excluding carboxylic acids is 1. The summed E-state index contributed by atoms with van der Waals surface area (Å²) in [5.41, 5.74) is 2.36. The number of hydrogen-bond acceptors (Lipinski definition) is 3. The summed E-state index contributed by atoms with van der Waals surface area (Å²) >= 11 is 3.31. The van der Waals surface area contributed by atoms with Gasteiger partial charge in [0.05, 0.1) is 11.8 Å². The van der Waals surface area contributed by atoms with Crippen LogP contribution in [0.3, 0.4) is 0 Å². The summed E-state index contributed by atoms with van der Waals surface area (Å²) in [7, 11) is 0. The first kappa shape index (κ1) is 16.8. The maximum Gasteiger partial charge on any atom is 0.230 e. The van der Waals surface area contributed by atoms with E-state index >= 15 is 0 Å². The second-order valence-electron chi connectivity index (χ2n) is 5.41. The molecular formula is C20H19NOS2. The fourth-order valence-corrected chi connectivity index (χ4v) is 4.06. The van der Waals surface area contributed by atoms with Crippen molar-refractivity contribution in [3.63, 3.8) is 0 Å². The van der Waals surface area contributed by atoms with Crippen molar-refractivity contribution < 1.29 is 4.79 Å². The summed E-state index contributed by atoms with van der Waals surface area (Å²) in [5, 5.41) is 5.22. The van der Waals surface area contributed by atoms with E-state index in [1.165, 1.54) is 5.56 Å². The van der Waals surface area contributed by atoms with Gasteiger partial charge in [-0.15, -0.1) is 23.1 Å². The van der Waals surface area contributed by atoms with Crippen LogP contribution >= 0.6 is 23.1 Å². The molecule has 1 N–H and O–H groups in total. The van der Waals surface area contributed by atoms with Crippen molar-refractivity contribution in [2.75, 3.05) is 5.75 Å². The van der Waals surface area contributed by atoms with Gasteiger partial charge in [0, 0.05) is 10.6 Å². The van der Waals surface area contributed by atoms with Crippen LogP contribution < -0.4 is 5.32 Å². The number of thiophene rings is 1. The van der Waals surface area contributed by atoms with Gasteiger partial charge in [0.1, 0.15) is 0 Å². The second kappa shape index (κ2) is 8.71. The van der Waals surface area contributed by atoms with E-state index in [2.05, 4.69) is 35.6 Å². The van der Waals surface area contributed by atoms with Crippen LogP contribution in [0.4, 0.5) is 0 Å². The van der Waals surface area contributed by atoms with Gasteiger partial charge in [-0.05, 0) is 22.6 Å². The van der Waals surface area contributed by atoms with Crippen LogP contribution in [0.25, 0.3) is 0 Å². The number of carbonyl (C=O) groups is 1. The zero-order chi connectivity index (χ0) is 16.6. The molecule has 0 fully saturated rings. The Bertz CT molecular complexity index is 742. The standard InChI is InChI=1S/C20H19NOS2/c22-19(15-23-14-16-8-3-1-4-9-16)21-20(18-12-7-13-24-18)17-10-5-2-6-11-17/h1-13,20H,14-15H2,(H,21,22)/t20-/m0/s1. The van der Waals surface area contributed by atoms with Crippen LogP contribution in [0.15, 0.2) is 78.2 Å². The lowest BCUT2D eigenvalue weighted by Gasteiger charge is -2.18. The number of nitrogens with one attached hydrogen (secondary N) is 1. The first-order chi connectivity index (χ1) is 11.8. The Morgan fingerprint density at radius 2 is 1.67 bits per heavy atom. The summed E-state index contributed by atoms with van der Waals surface area (Å²) in [6.45, 7) is 0. The van der Waals surface area contributed by atoms with E-state index in [-0.39, 0.29) is 11.9 Å². The van der Waals surface area contributed by atoms with Crippen molar-refractivity contribution in [1.29, 1.82) is 0 Å². The Hall–Kier alpha value is -2.04. The minimum absolute atomic E-state index is 0.0678. The Labute approximate surface area is 150 Å². The molecule has 4 heteroatoms. The van der Waals surface area contributed by atoms with Gasteiger partial charge in [-0.1, -0.05) is 66.7 Å². The third kappa shape index (κ3) is 4.73. The number of benzene rings is 2. The molecule has 0 unspecified atom stereocenters. The zero-order valence-corrected chi connectivity index (χ0v) is 14.9. The van der Waals surface area contributed by atoms with Gasteiger partial charge in [0.2, 0.25) is 5.91 Å². The first-order valence-electron chi connectivity index (χ1n) is 7.82. The van der Waals surface area contributed by atoms with E-state index in [0.717, 1.165) is 16.2 Å². The predicted octanol–water partition coefficient (Wildman–Crippen LogP) is 4.89. The Morgan fingerprint density at radius 3 is 2.33 bits per heavy atom. The third-order valence-corrected chi connectivity index (χ3v) is 5.55. The molecule has 0 bridgehead atoms. The molecule has 2 aromatic carbocycles. The highest BCUT2D eigenvalue weighted by Gasteiger charge is 2.17. The molecule has 122 valence electrons. The summed E-state index contributed by atoms with van der Waals surface area (Å²) in [4.78, 5) is 13.5. The average Bonchev–Trinajstić information content (AvgIpc) is 3.16. The predicted molar refractivity (Wildman–Crippen MR) is 103 cm³/mol. The first-order valence-corrected chi connectivity index (χ1v) is 9.86. The fourth-order valence-electron chi connectivity index (χ4n) is 2.46. The van der Waals surface area contributed by atoms with Crippen LogP contribution in [0.5, 0.6) is 0 Å². The number of thioether (sulfide) groups is 1. The van der Waals surface area contributed by atoms with Gasteiger partial charge in [-0.2, -0.15) is 0 Å². The normalized spacial score (nSPS) is 11.8. The Kier molecular flexibility index (Phi) is 6.10. The molecule has 1 amide bonds. The van der Waals surface area contributed by atoms with Gasteiger partial charge in [-0.3, -0.25) is 4.79 Å². The Balaban J connectivity index is 1.59. The topological polar surface area (TPSA) is 29.1 Å². The van der Waals surface area contributed by atoms with Crippen LogP contribution in [0.1, 0.15) is 22.0 Å². The van der Waals surface area contributed by atoms with Crippen LogP contribution in [0, 0.1) is 0 Å². The largest absolute Gasteiger partial charge is 0.344 e. The van der Waals surface area contributed by atoms with Crippen molar-refractivity contribution >= 4 is 29.0 Å². The molecule has 0 saturated heterocycles. The van der Waals surface area contributed by atoms with Gasteiger partial charge in [-0.25, -0.2) is 0 Å². The quantitative estimate of drug-likeness (QED) is 0.655. The zero-order valence-electron chi connectivity index (χ0n) is 13.2. The highest BCUT2D eigenvalue weighted by molar-refractivity contribution is 7.99. The molecule has 1 atom stereocenters.